The van der Waals surface area contributed by atoms with Crippen LogP contribution in [0.15, 0.2) is 48.5 Å². The van der Waals surface area contributed by atoms with Gasteiger partial charge in [0.1, 0.15) is 0 Å². The summed E-state index contributed by atoms with van der Waals surface area (Å²) in [4.78, 5) is 13.2. The monoisotopic (exact) mass is 550 g/mol. The largest absolute Gasteiger partial charge is 0.384 e. The Morgan fingerprint density at radius 2 is 1.12 bits per heavy atom. The first-order valence-electron chi connectivity index (χ1n) is 7.59. The van der Waals surface area contributed by atoms with Crippen LogP contribution in [0.2, 0.25) is 0 Å². The second-order valence-corrected chi connectivity index (χ2v) is 8.01. The van der Waals surface area contributed by atoms with Crippen LogP contribution in [0.4, 0.5) is 0 Å². The van der Waals surface area contributed by atoms with Gasteiger partial charge in [0.15, 0.2) is 5.78 Å². The highest BCUT2D eigenvalue weighted by molar-refractivity contribution is 14.1. The normalized spacial score (nSPS) is 13.5. The molecule has 0 saturated carbocycles. The SMILES string of the molecule is COCC(C(=O)C(COC)c1ccc(I)cc1)c1ccc(I)cc1. The third-order valence-corrected chi connectivity index (χ3v) is 5.34. The van der Waals surface area contributed by atoms with Crippen molar-refractivity contribution in [3.05, 3.63) is 66.8 Å². The molecule has 0 aromatic heterocycles. The molecule has 0 aliphatic carbocycles. The van der Waals surface area contributed by atoms with Crippen molar-refractivity contribution < 1.29 is 14.3 Å². The van der Waals surface area contributed by atoms with E-state index >= 15 is 0 Å². The number of methoxy groups -OCH3 is 2. The van der Waals surface area contributed by atoms with E-state index in [-0.39, 0.29) is 17.6 Å². The first-order chi connectivity index (χ1) is 11.6. The molecule has 2 atom stereocenters. The summed E-state index contributed by atoms with van der Waals surface area (Å²) in [6.45, 7) is 0.730. The molecule has 0 amide bonds. The molecule has 5 heteroatoms. The zero-order chi connectivity index (χ0) is 17.5. The van der Waals surface area contributed by atoms with Gasteiger partial charge in [-0.15, -0.1) is 0 Å². The zero-order valence-corrected chi connectivity index (χ0v) is 18.0. The summed E-state index contributed by atoms with van der Waals surface area (Å²) < 4.78 is 12.9. The quantitative estimate of drug-likeness (QED) is 0.451. The Hall–Kier alpha value is -0.510. The van der Waals surface area contributed by atoms with E-state index in [1.165, 1.54) is 0 Å². The van der Waals surface area contributed by atoms with E-state index in [4.69, 9.17) is 9.47 Å². The Morgan fingerprint density at radius 1 is 0.792 bits per heavy atom. The predicted molar refractivity (Wildman–Crippen MR) is 113 cm³/mol. The molecule has 128 valence electrons. The lowest BCUT2D eigenvalue weighted by Crippen LogP contribution is -2.27. The van der Waals surface area contributed by atoms with Gasteiger partial charge in [0.05, 0.1) is 25.0 Å². The van der Waals surface area contributed by atoms with Crippen LogP contribution in [-0.4, -0.2) is 33.2 Å². The van der Waals surface area contributed by atoms with Gasteiger partial charge < -0.3 is 9.47 Å². The second-order valence-electron chi connectivity index (χ2n) is 5.52. The van der Waals surface area contributed by atoms with Crippen LogP contribution in [-0.2, 0) is 14.3 Å². The molecule has 0 N–H and O–H groups in total. The molecular formula is C19H20I2O3. The summed E-state index contributed by atoms with van der Waals surface area (Å²) in [7, 11) is 3.26. The average molecular weight is 550 g/mol. The minimum absolute atomic E-state index is 0.126. The molecule has 2 unspecified atom stereocenters. The first kappa shape index (κ1) is 19.8. The maximum atomic E-state index is 13.2. The number of ether oxygens (including phenoxy) is 2. The number of carbonyl (C=O) groups is 1. The van der Waals surface area contributed by atoms with E-state index in [1.54, 1.807) is 14.2 Å². The molecule has 3 nitrogen and oxygen atoms in total. The van der Waals surface area contributed by atoms with Crippen molar-refractivity contribution in [1.29, 1.82) is 0 Å². The third-order valence-electron chi connectivity index (χ3n) is 3.90. The lowest BCUT2D eigenvalue weighted by molar-refractivity contribution is -0.124. The van der Waals surface area contributed by atoms with Crippen LogP contribution in [0.3, 0.4) is 0 Å². The zero-order valence-electron chi connectivity index (χ0n) is 13.7. The molecule has 2 aromatic rings. The molecule has 0 aliphatic rings. The van der Waals surface area contributed by atoms with Crippen molar-refractivity contribution in [3.63, 3.8) is 0 Å². The fourth-order valence-electron chi connectivity index (χ4n) is 2.65. The first-order valence-corrected chi connectivity index (χ1v) is 9.75. The Bertz CT molecular complexity index is 596. The van der Waals surface area contributed by atoms with Crippen molar-refractivity contribution in [3.8, 4) is 0 Å². The molecule has 0 spiro atoms. The lowest BCUT2D eigenvalue weighted by Gasteiger charge is -2.22. The molecular weight excluding hydrogens is 530 g/mol. The lowest BCUT2D eigenvalue weighted by atomic mass is 9.84. The van der Waals surface area contributed by atoms with Crippen molar-refractivity contribution in [2.75, 3.05) is 27.4 Å². The van der Waals surface area contributed by atoms with Gasteiger partial charge in [-0.05, 0) is 80.6 Å². The Morgan fingerprint density at radius 3 is 1.42 bits per heavy atom. The summed E-state index contributed by atoms with van der Waals surface area (Å²) in [5, 5.41) is 0. The van der Waals surface area contributed by atoms with E-state index in [0.717, 1.165) is 18.3 Å². The fourth-order valence-corrected chi connectivity index (χ4v) is 3.37. The molecule has 0 heterocycles. The van der Waals surface area contributed by atoms with E-state index in [2.05, 4.69) is 45.2 Å². The van der Waals surface area contributed by atoms with Crippen LogP contribution in [0.1, 0.15) is 23.0 Å². The maximum absolute atomic E-state index is 13.2. The Balaban J connectivity index is 2.33. The number of halogens is 2. The Labute approximate surface area is 170 Å². The summed E-state index contributed by atoms with van der Waals surface area (Å²) in [6, 6.07) is 16.1. The van der Waals surface area contributed by atoms with Gasteiger partial charge in [0.2, 0.25) is 0 Å². The van der Waals surface area contributed by atoms with E-state index in [9.17, 15) is 4.79 Å². The van der Waals surface area contributed by atoms with Crippen molar-refractivity contribution in [1.82, 2.24) is 0 Å². The minimum atomic E-state index is -0.300. The van der Waals surface area contributed by atoms with Crippen LogP contribution >= 0.6 is 45.2 Å². The van der Waals surface area contributed by atoms with E-state index in [0.29, 0.717) is 13.2 Å². The molecule has 0 saturated heterocycles. The van der Waals surface area contributed by atoms with Crippen molar-refractivity contribution in [2.24, 2.45) is 0 Å². The molecule has 24 heavy (non-hydrogen) atoms. The van der Waals surface area contributed by atoms with Crippen LogP contribution in [0, 0.1) is 7.14 Å². The maximum Gasteiger partial charge on any atom is 0.152 e. The summed E-state index contributed by atoms with van der Waals surface area (Å²) >= 11 is 4.52. The van der Waals surface area contributed by atoms with Gasteiger partial charge in [0.25, 0.3) is 0 Å². The standard InChI is InChI=1S/C19H20I2O3/c1-23-11-17(13-3-7-15(20)8-4-13)19(22)18(12-24-2)14-5-9-16(21)10-6-14/h3-10,17-18H,11-12H2,1-2H3. The molecule has 0 bridgehead atoms. The minimum Gasteiger partial charge on any atom is -0.384 e. The van der Waals surface area contributed by atoms with Gasteiger partial charge in [-0.1, -0.05) is 24.3 Å². The Kier molecular flexibility index (Phi) is 8.12. The van der Waals surface area contributed by atoms with Crippen LogP contribution < -0.4 is 0 Å². The molecule has 2 aromatic carbocycles. The summed E-state index contributed by atoms with van der Waals surface area (Å²) in [5.41, 5.74) is 1.96. The van der Waals surface area contributed by atoms with Gasteiger partial charge in [0, 0.05) is 21.4 Å². The van der Waals surface area contributed by atoms with Gasteiger partial charge in [-0.2, -0.15) is 0 Å². The molecule has 2 rings (SSSR count). The predicted octanol–water partition coefficient (Wildman–Crippen LogP) is 4.63. The smallest absolute Gasteiger partial charge is 0.152 e. The second kappa shape index (κ2) is 9.84. The third kappa shape index (κ3) is 5.24. The average Bonchev–Trinajstić information content (AvgIpc) is 2.59. The summed E-state index contributed by atoms with van der Waals surface area (Å²) in [5.74, 6) is -0.473. The van der Waals surface area contributed by atoms with Crippen molar-refractivity contribution >= 4 is 51.0 Å². The van der Waals surface area contributed by atoms with Crippen molar-refractivity contribution in [2.45, 2.75) is 11.8 Å². The molecule has 0 fully saturated rings. The molecule has 0 aliphatic heterocycles. The highest BCUT2D eigenvalue weighted by atomic mass is 127. The van der Waals surface area contributed by atoms with Gasteiger partial charge in [-0.25, -0.2) is 0 Å². The van der Waals surface area contributed by atoms with Crippen LogP contribution in [0.25, 0.3) is 0 Å². The summed E-state index contributed by atoms with van der Waals surface area (Å²) in [6.07, 6.45) is 0. The number of ketones is 1. The fraction of sp³-hybridized carbons (Fsp3) is 0.316. The number of Topliss-reactive ketones (excluding diaryl/α,β-unsaturated/α-hetero) is 1. The van der Waals surface area contributed by atoms with Gasteiger partial charge in [-0.3, -0.25) is 4.79 Å². The number of rotatable bonds is 8. The van der Waals surface area contributed by atoms with E-state index < -0.39 is 0 Å². The molecule has 0 radical (unpaired) electrons. The van der Waals surface area contributed by atoms with Crippen LogP contribution in [0.5, 0.6) is 0 Å². The number of carbonyl (C=O) groups excluding carboxylic acids is 1. The van der Waals surface area contributed by atoms with E-state index in [1.807, 2.05) is 48.5 Å². The number of hydrogen-bond acceptors (Lipinski definition) is 3. The highest BCUT2D eigenvalue weighted by Crippen LogP contribution is 2.28. The number of hydrogen-bond donors (Lipinski definition) is 0. The topological polar surface area (TPSA) is 35.5 Å². The number of benzene rings is 2. The highest BCUT2D eigenvalue weighted by Gasteiger charge is 2.29. The van der Waals surface area contributed by atoms with Gasteiger partial charge >= 0.3 is 0 Å².